The minimum atomic E-state index is -3.60. The van der Waals surface area contributed by atoms with E-state index in [0.29, 0.717) is 29.8 Å². The fourth-order valence-electron chi connectivity index (χ4n) is 4.06. The second-order valence-electron chi connectivity index (χ2n) is 7.86. The fourth-order valence-corrected chi connectivity index (χ4v) is 5.50. The molecule has 8 nitrogen and oxygen atoms in total. The van der Waals surface area contributed by atoms with Crippen LogP contribution in [0.15, 0.2) is 86.9 Å². The van der Waals surface area contributed by atoms with Gasteiger partial charge in [-0.05, 0) is 53.9 Å². The molecular formula is C24H21N3O5S. The van der Waals surface area contributed by atoms with Gasteiger partial charge in [0.05, 0.1) is 10.4 Å². The number of oxazole rings is 1. The molecule has 0 saturated carbocycles. The fraction of sp³-hybridized carbons (Fsp3) is 0.167. The van der Waals surface area contributed by atoms with Gasteiger partial charge in [0.25, 0.3) is 0 Å². The smallest absolute Gasteiger partial charge is 0.408 e. The first-order valence-electron chi connectivity index (χ1n) is 10.5. The number of carbonyl (C=O) groups excluding carboxylic acids is 1. The molecule has 0 bridgehead atoms. The van der Waals surface area contributed by atoms with Crippen molar-refractivity contribution in [3.63, 3.8) is 0 Å². The summed E-state index contributed by atoms with van der Waals surface area (Å²) in [5, 5.41) is 2.80. The maximum atomic E-state index is 13.0. The van der Waals surface area contributed by atoms with Gasteiger partial charge in [-0.1, -0.05) is 36.4 Å². The topological polar surface area (TPSA) is 102 Å². The van der Waals surface area contributed by atoms with Crippen LogP contribution in [0, 0.1) is 0 Å². The number of fused-ring (bicyclic) bond motifs is 2. The predicted octanol–water partition coefficient (Wildman–Crippen LogP) is 2.98. The maximum absolute atomic E-state index is 13.0. The van der Waals surface area contributed by atoms with E-state index in [-0.39, 0.29) is 23.9 Å². The number of hydrogen-bond acceptors (Lipinski definition) is 5. The zero-order chi connectivity index (χ0) is 23.0. The number of aromatic nitrogens is 1. The van der Waals surface area contributed by atoms with Crippen molar-refractivity contribution in [1.82, 2.24) is 8.87 Å². The molecule has 4 aromatic rings. The van der Waals surface area contributed by atoms with Crippen molar-refractivity contribution in [2.75, 3.05) is 11.9 Å². The summed E-state index contributed by atoms with van der Waals surface area (Å²) in [5.74, 6) is -0.980. The molecule has 0 radical (unpaired) electrons. The molecule has 1 aliphatic heterocycles. The number of nitrogens with zero attached hydrogens (tertiary/aromatic N) is 2. The van der Waals surface area contributed by atoms with Crippen LogP contribution in [0.3, 0.4) is 0 Å². The van der Waals surface area contributed by atoms with E-state index < -0.39 is 15.8 Å². The van der Waals surface area contributed by atoms with Gasteiger partial charge >= 0.3 is 5.76 Å². The number of para-hydroxylation sites is 2. The Labute approximate surface area is 190 Å². The zero-order valence-electron chi connectivity index (χ0n) is 17.6. The van der Waals surface area contributed by atoms with Crippen molar-refractivity contribution in [3.05, 3.63) is 94.5 Å². The quantitative estimate of drug-likeness (QED) is 0.490. The highest BCUT2D eigenvalue weighted by atomic mass is 32.2. The first kappa shape index (κ1) is 21.2. The molecule has 3 aromatic carbocycles. The molecule has 9 heteroatoms. The summed E-state index contributed by atoms with van der Waals surface area (Å²) in [5.41, 5.74) is 3.39. The Balaban J connectivity index is 1.34. The predicted molar refractivity (Wildman–Crippen MR) is 123 cm³/mol. The van der Waals surface area contributed by atoms with Crippen molar-refractivity contribution >= 4 is 32.7 Å². The molecule has 5 rings (SSSR count). The van der Waals surface area contributed by atoms with Crippen molar-refractivity contribution in [3.8, 4) is 0 Å². The van der Waals surface area contributed by atoms with Crippen LogP contribution >= 0.6 is 0 Å². The minimum Gasteiger partial charge on any atom is -0.408 e. The van der Waals surface area contributed by atoms with E-state index in [1.165, 1.54) is 8.87 Å². The zero-order valence-corrected chi connectivity index (χ0v) is 18.4. The third-order valence-corrected chi connectivity index (χ3v) is 7.58. The largest absolute Gasteiger partial charge is 0.420 e. The van der Waals surface area contributed by atoms with Gasteiger partial charge < -0.3 is 9.73 Å². The molecule has 0 spiro atoms. The number of carbonyl (C=O) groups is 1. The SMILES string of the molecule is O=C(Cn1c(=O)oc2ccccc21)Nc1ccc2c(c1)CN(S(=O)(=O)c1ccccc1)CC2. The van der Waals surface area contributed by atoms with E-state index in [1.807, 2.05) is 6.07 Å². The number of nitrogens with one attached hydrogen (secondary N) is 1. The lowest BCUT2D eigenvalue weighted by molar-refractivity contribution is -0.116. The van der Waals surface area contributed by atoms with Crippen molar-refractivity contribution in [2.24, 2.45) is 0 Å². The summed E-state index contributed by atoms with van der Waals surface area (Å²) < 4.78 is 33.9. The molecule has 0 atom stereocenters. The third kappa shape index (κ3) is 4.08. The second kappa shape index (κ2) is 8.34. The number of sulfonamides is 1. The average Bonchev–Trinajstić information content (AvgIpc) is 3.14. The summed E-state index contributed by atoms with van der Waals surface area (Å²) in [6.45, 7) is 0.427. The lowest BCUT2D eigenvalue weighted by Crippen LogP contribution is -2.36. The van der Waals surface area contributed by atoms with Crippen molar-refractivity contribution < 1.29 is 17.6 Å². The van der Waals surface area contributed by atoms with Gasteiger partial charge in [0.1, 0.15) is 6.54 Å². The van der Waals surface area contributed by atoms with Gasteiger partial charge in [-0.25, -0.2) is 13.2 Å². The highest BCUT2D eigenvalue weighted by Crippen LogP contribution is 2.27. The molecule has 0 fully saturated rings. The van der Waals surface area contributed by atoms with Gasteiger partial charge in [-0.2, -0.15) is 4.31 Å². The Morgan fingerprint density at radius 1 is 0.970 bits per heavy atom. The van der Waals surface area contributed by atoms with Gasteiger partial charge in [-0.3, -0.25) is 9.36 Å². The molecule has 0 unspecified atom stereocenters. The van der Waals surface area contributed by atoms with Crippen LogP contribution in [-0.4, -0.2) is 29.7 Å². The number of hydrogen-bond donors (Lipinski definition) is 1. The second-order valence-corrected chi connectivity index (χ2v) is 9.79. The highest BCUT2D eigenvalue weighted by molar-refractivity contribution is 7.89. The van der Waals surface area contributed by atoms with Crippen LogP contribution in [0.25, 0.3) is 11.1 Å². The van der Waals surface area contributed by atoms with E-state index in [2.05, 4.69) is 5.32 Å². The number of anilines is 1. The monoisotopic (exact) mass is 463 g/mol. The maximum Gasteiger partial charge on any atom is 0.420 e. The lowest BCUT2D eigenvalue weighted by Gasteiger charge is -2.28. The van der Waals surface area contributed by atoms with E-state index in [1.54, 1.807) is 66.7 Å². The first-order valence-corrected chi connectivity index (χ1v) is 11.9. The molecular weight excluding hydrogens is 442 g/mol. The van der Waals surface area contributed by atoms with Crippen LogP contribution in [0.4, 0.5) is 5.69 Å². The Kier molecular flexibility index (Phi) is 5.35. The molecule has 0 aliphatic carbocycles. The average molecular weight is 464 g/mol. The van der Waals surface area contributed by atoms with Gasteiger partial charge in [0, 0.05) is 18.8 Å². The highest BCUT2D eigenvalue weighted by Gasteiger charge is 2.28. The summed E-state index contributed by atoms with van der Waals surface area (Å²) >= 11 is 0. The number of rotatable bonds is 5. The van der Waals surface area contributed by atoms with Crippen molar-refractivity contribution in [1.29, 1.82) is 0 Å². The first-order chi connectivity index (χ1) is 15.9. The summed E-state index contributed by atoms with van der Waals surface area (Å²) in [7, 11) is -3.60. The van der Waals surface area contributed by atoms with E-state index in [9.17, 15) is 18.0 Å². The van der Waals surface area contributed by atoms with Crippen molar-refractivity contribution in [2.45, 2.75) is 24.4 Å². The molecule has 168 valence electrons. The van der Waals surface area contributed by atoms with Gasteiger partial charge in [0.2, 0.25) is 15.9 Å². The summed E-state index contributed by atoms with van der Waals surface area (Å²) in [4.78, 5) is 25.0. The third-order valence-electron chi connectivity index (χ3n) is 5.72. The minimum absolute atomic E-state index is 0.193. The Hall–Kier alpha value is -3.69. The standard InChI is InChI=1S/C24H21N3O5S/c28-23(16-27-21-8-4-5-9-22(21)32-24(27)29)25-19-11-10-17-12-13-26(15-18(17)14-19)33(30,31)20-6-2-1-3-7-20/h1-11,14H,12-13,15-16H2,(H,25,28). The van der Waals surface area contributed by atoms with Crippen LogP contribution in [-0.2, 0) is 34.3 Å². The van der Waals surface area contributed by atoms with Crippen LogP contribution in [0.2, 0.25) is 0 Å². The lowest BCUT2D eigenvalue weighted by atomic mass is 10.0. The Bertz CT molecular complexity index is 1510. The molecule has 1 N–H and O–H groups in total. The molecule has 1 aliphatic rings. The van der Waals surface area contributed by atoms with Crippen LogP contribution in [0.5, 0.6) is 0 Å². The molecule has 0 saturated heterocycles. The Morgan fingerprint density at radius 3 is 2.55 bits per heavy atom. The van der Waals surface area contributed by atoms with Gasteiger partial charge in [-0.15, -0.1) is 0 Å². The summed E-state index contributed by atoms with van der Waals surface area (Å²) in [6.07, 6.45) is 0.589. The van der Waals surface area contributed by atoms with Gasteiger partial charge in [0.15, 0.2) is 5.58 Å². The van der Waals surface area contributed by atoms with Crippen LogP contribution in [0.1, 0.15) is 11.1 Å². The Morgan fingerprint density at radius 2 is 1.73 bits per heavy atom. The van der Waals surface area contributed by atoms with Crippen LogP contribution < -0.4 is 11.1 Å². The summed E-state index contributed by atoms with van der Waals surface area (Å²) in [6, 6.07) is 20.7. The van der Waals surface area contributed by atoms with E-state index >= 15 is 0 Å². The number of amides is 1. The van der Waals surface area contributed by atoms with E-state index in [0.717, 1.165) is 11.1 Å². The van der Waals surface area contributed by atoms with E-state index in [4.69, 9.17) is 4.42 Å². The molecule has 1 amide bonds. The number of benzene rings is 3. The molecule has 1 aromatic heterocycles. The normalized spacial score (nSPS) is 14.2. The molecule has 33 heavy (non-hydrogen) atoms. The molecule has 2 heterocycles.